The fraction of sp³-hybridized carbons (Fsp3) is 0.467. The molecule has 1 aromatic rings. The largest absolute Gasteiger partial charge is 0.460 e. The highest BCUT2D eigenvalue weighted by Crippen LogP contribution is 2.33. The van der Waals surface area contributed by atoms with E-state index in [0.717, 1.165) is 31.2 Å². The third kappa shape index (κ3) is 2.71. The maximum Gasteiger partial charge on any atom is 0.228 e. The predicted molar refractivity (Wildman–Crippen MR) is 67.9 cm³/mol. The van der Waals surface area contributed by atoms with Gasteiger partial charge in [0.25, 0.3) is 0 Å². The highest BCUT2D eigenvalue weighted by atomic mass is 19.1. The summed E-state index contributed by atoms with van der Waals surface area (Å²) < 4.78 is 30.7. The Balaban J connectivity index is 2.14. The van der Waals surface area contributed by atoms with Crippen LogP contribution in [0.4, 0.5) is 8.78 Å². The number of benzene rings is 1. The Hall–Kier alpha value is -1.38. The minimum atomic E-state index is -0.988. The average molecular weight is 252 g/mol. The number of hydrogen-bond acceptors (Lipinski definition) is 1. The van der Waals surface area contributed by atoms with Crippen molar-refractivity contribution in [2.24, 2.45) is 5.92 Å². The number of hydrogen-bond donors (Lipinski definition) is 0. The van der Waals surface area contributed by atoms with Gasteiger partial charge in [-0.25, -0.2) is 8.78 Å². The van der Waals surface area contributed by atoms with Crippen molar-refractivity contribution in [3.8, 4) is 5.75 Å². The Kier molecular flexibility index (Phi) is 4.34. The van der Waals surface area contributed by atoms with Gasteiger partial charge in [0.15, 0.2) is 11.6 Å². The standard InChI is InChI=1S/C15H18F2O/c1-2-3-4-11-5-7-13-12(9-11)6-8-14(15(13)17)18-10-16/h2,6,8,11H,1,3-5,7,9-10H2. The molecule has 0 fully saturated rings. The van der Waals surface area contributed by atoms with E-state index in [2.05, 4.69) is 11.3 Å². The molecule has 1 nitrogen and oxygen atoms in total. The molecule has 0 aliphatic heterocycles. The molecule has 1 aliphatic carbocycles. The van der Waals surface area contributed by atoms with E-state index in [1.165, 1.54) is 6.07 Å². The first-order valence-corrected chi connectivity index (χ1v) is 6.36. The molecule has 18 heavy (non-hydrogen) atoms. The van der Waals surface area contributed by atoms with Crippen molar-refractivity contribution in [2.75, 3.05) is 6.86 Å². The molecule has 0 spiro atoms. The molecular formula is C15H18F2O. The highest BCUT2D eigenvalue weighted by Gasteiger charge is 2.22. The molecule has 0 saturated heterocycles. The lowest BCUT2D eigenvalue weighted by atomic mass is 9.81. The summed E-state index contributed by atoms with van der Waals surface area (Å²) in [5.74, 6) is 0.246. The third-order valence-corrected chi connectivity index (χ3v) is 3.61. The molecule has 1 aliphatic rings. The molecule has 2 rings (SSSR count). The van der Waals surface area contributed by atoms with E-state index in [9.17, 15) is 8.78 Å². The van der Waals surface area contributed by atoms with Crippen LogP contribution in [0.25, 0.3) is 0 Å². The van der Waals surface area contributed by atoms with Crippen LogP contribution in [0.15, 0.2) is 24.8 Å². The van der Waals surface area contributed by atoms with E-state index in [0.29, 0.717) is 17.9 Å². The van der Waals surface area contributed by atoms with Crippen LogP contribution in [-0.4, -0.2) is 6.86 Å². The Morgan fingerprint density at radius 1 is 1.44 bits per heavy atom. The summed E-state index contributed by atoms with van der Waals surface area (Å²) in [5.41, 5.74) is 1.75. The number of alkyl halides is 1. The number of allylic oxidation sites excluding steroid dienone is 1. The van der Waals surface area contributed by atoms with Gasteiger partial charge in [-0.1, -0.05) is 12.1 Å². The molecule has 1 atom stereocenters. The predicted octanol–water partition coefficient (Wildman–Crippen LogP) is 4.20. The summed E-state index contributed by atoms with van der Waals surface area (Å²) in [5, 5.41) is 0. The molecule has 1 unspecified atom stereocenters. The lowest BCUT2D eigenvalue weighted by Gasteiger charge is -2.25. The molecule has 0 aromatic heterocycles. The molecular weight excluding hydrogens is 234 g/mol. The van der Waals surface area contributed by atoms with Crippen molar-refractivity contribution in [3.05, 3.63) is 41.7 Å². The first-order valence-electron chi connectivity index (χ1n) is 6.36. The summed E-state index contributed by atoms with van der Waals surface area (Å²) in [7, 11) is 0. The second kappa shape index (κ2) is 5.98. The van der Waals surface area contributed by atoms with Crippen LogP contribution in [0.3, 0.4) is 0 Å². The van der Waals surface area contributed by atoms with Crippen LogP contribution in [-0.2, 0) is 12.8 Å². The third-order valence-electron chi connectivity index (χ3n) is 3.61. The smallest absolute Gasteiger partial charge is 0.228 e. The highest BCUT2D eigenvalue weighted by molar-refractivity contribution is 5.39. The number of halogens is 2. The summed E-state index contributed by atoms with van der Waals surface area (Å²) in [6.07, 6.45) is 6.63. The summed E-state index contributed by atoms with van der Waals surface area (Å²) in [4.78, 5) is 0. The van der Waals surface area contributed by atoms with E-state index in [4.69, 9.17) is 0 Å². The number of ether oxygens (including phenoxy) is 1. The lowest BCUT2D eigenvalue weighted by molar-refractivity contribution is 0.183. The SMILES string of the molecule is C=CCCC1CCc2c(ccc(OCF)c2F)C1. The Labute approximate surface area is 106 Å². The van der Waals surface area contributed by atoms with E-state index >= 15 is 0 Å². The molecule has 0 N–H and O–H groups in total. The van der Waals surface area contributed by atoms with Gasteiger partial charge in [-0.2, -0.15) is 0 Å². The van der Waals surface area contributed by atoms with Gasteiger partial charge in [0.1, 0.15) is 0 Å². The first-order chi connectivity index (χ1) is 8.76. The van der Waals surface area contributed by atoms with Crippen molar-refractivity contribution >= 4 is 0 Å². The van der Waals surface area contributed by atoms with Gasteiger partial charge in [0, 0.05) is 0 Å². The van der Waals surface area contributed by atoms with Gasteiger partial charge in [0.05, 0.1) is 0 Å². The Morgan fingerprint density at radius 2 is 2.28 bits per heavy atom. The first kappa shape index (κ1) is 13.1. The average Bonchev–Trinajstić information content (AvgIpc) is 2.40. The summed E-state index contributed by atoms with van der Waals surface area (Å²) in [6.45, 7) is 2.74. The van der Waals surface area contributed by atoms with Crippen molar-refractivity contribution in [2.45, 2.75) is 32.1 Å². The number of fused-ring (bicyclic) bond motifs is 1. The normalized spacial score (nSPS) is 18.2. The maximum absolute atomic E-state index is 14.0. The van der Waals surface area contributed by atoms with Gasteiger partial charge in [-0.3, -0.25) is 0 Å². The van der Waals surface area contributed by atoms with Gasteiger partial charge >= 0.3 is 0 Å². The summed E-state index contributed by atoms with van der Waals surface area (Å²) in [6, 6.07) is 3.40. The molecule has 0 saturated carbocycles. The van der Waals surface area contributed by atoms with Crippen LogP contribution in [0.1, 0.15) is 30.4 Å². The van der Waals surface area contributed by atoms with E-state index in [-0.39, 0.29) is 11.6 Å². The zero-order valence-electron chi connectivity index (χ0n) is 10.4. The van der Waals surface area contributed by atoms with Crippen LogP contribution >= 0.6 is 0 Å². The van der Waals surface area contributed by atoms with Crippen molar-refractivity contribution in [3.63, 3.8) is 0 Å². The molecule has 3 heteroatoms. The van der Waals surface area contributed by atoms with Gasteiger partial charge in [0.2, 0.25) is 6.86 Å². The maximum atomic E-state index is 14.0. The van der Waals surface area contributed by atoms with E-state index in [1.807, 2.05) is 12.1 Å². The second-order valence-corrected chi connectivity index (χ2v) is 4.74. The number of rotatable bonds is 5. The van der Waals surface area contributed by atoms with Crippen LogP contribution in [0.2, 0.25) is 0 Å². The molecule has 1 aromatic carbocycles. The molecule has 0 heterocycles. The van der Waals surface area contributed by atoms with Gasteiger partial charge in [-0.05, 0) is 55.2 Å². The second-order valence-electron chi connectivity index (χ2n) is 4.74. The fourth-order valence-electron chi connectivity index (χ4n) is 2.63. The fourth-order valence-corrected chi connectivity index (χ4v) is 2.63. The van der Waals surface area contributed by atoms with E-state index in [1.54, 1.807) is 0 Å². The van der Waals surface area contributed by atoms with Crippen LogP contribution in [0, 0.1) is 11.7 Å². The van der Waals surface area contributed by atoms with E-state index < -0.39 is 6.86 Å². The topological polar surface area (TPSA) is 9.23 Å². The quantitative estimate of drug-likeness (QED) is 0.713. The lowest BCUT2D eigenvalue weighted by Crippen LogP contribution is -2.16. The van der Waals surface area contributed by atoms with Crippen molar-refractivity contribution in [1.29, 1.82) is 0 Å². The molecule has 98 valence electrons. The molecule has 0 amide bonds. The summed E-state index contributed by atoms with van der Waals surface area (Å²) >= 11 is 0. The van der Waals surface area contributed by atoms with Gasteiger partial charge in [-0.15, -0.1) is 6.58 Å². The zero-order valence-corrected chi connectivity index (χ0v) is 10.4. The minimum Gasteiger partial charge on any atom is -0.460 e. The zero-order chi connectivity index (χ0) is 13.0. The minimum absolute atomic E-state index is 0.0285. The van der Waals surface area contributed by atoms with Crippen LogP contribution in [0.5, 0.6) is 5.75 Å². The van der Waals surface area contributed by atoms with Crippen molar-refractivity contribution < 1.29 is 13.5 Å². The van der Waals surface area contributed by atoms with Crippen molar-refractivity contribution in [1.82, 2.24) is 0 Å². The Morgan fingerprint density at radius 3 is 3.00 bits per heavy atom. The Bertz CT molecular complexity index is 429. The monoisotopic (exact) mass is 252 g/mol. The van der Waals surface area contributed by atoms with Crippen LogP contribution < -0.4 is 4.74 Å². The molecule has 0 radical (unpaired) electrons. The molecule has 0 bridgehead atoms. The van der Waals surface area contributed by atoms with Gasteiger partial charge < -0.3 is 4.74 Å².